The molecule has 0 heterocycles. The zero-order valence-corrected chi connectivity index (χ0v) is 10.6. The first kappa shape index (κ1) is 15.0. The Labute approximate surface area is 98.8 Å². The molecule has 3 heteroatoms. The van der Waals surface area contributed by atoms with Crippen LogP contribution in [0.4, 0.5) is 0 Å². The van der Waals surface area contributed by atoms with Crippen molar-refractivity contribution >= 4 is 5.97 Å². The molecular formula is C13H24O3. The summed E-state index contributed by atoms with van der Waals surface area (Å²) in [5.41, 5.74) is 0. The summed E-state index contributed by atoms with van der Waals surface area (Å²) in [5.74, 6) is -0.295. The molecule has 0 aliphatic carbocycles. The van der Waals surface area contributed by atoms with Crippen LogP contribution in [0, 0.1) is 0 Å². The molecule has 0 saturated heterocycles. The maximum absolute atomic E-state index is 11.3. The molecule has 0 fully saturated rings. The Bertz CT molecular complexity index is 199. The highest BCUT2D eigenvalue weighted by atomic mass is 16.6. The molecule has 0 radical (unpaired) electrons. The van der Waals surface area contributed by atoms with Crippen LogP contribution in [0.25, 0.3) is 0 Å². The van der Waals surface area contributed by atoms with Crippen molar-refractivity contribution in [1.29, 1.82) is 0 Å². The second kappa shape index (κ2) is 10.5. The zero-order chi connectivity index (χ0) is 12.2. The van der Waals surface area contributed by atoms with Gasteiger partial charge in [-0.25, -0.2) is 4.79 Å². The molecule has 0 aromatic heterocycles. The molecule has 0 spiro atoms. The number of rotatable bonds is 10. The minimum atomic E-state index is -0.424. The topological polar surface area (TPSA) is 35.5 Å². The van der Waals surface area contributed by atoms with Crippen molar-refractivity contribution in [2.24, 2.45) is 0 Å². The highest BCUT2D eigenvalue weighted by Gasteiger charge is 2.08. The first-order chi connectivity index (χ1) is 7.72. The van der Waals surface area contributed by atoms with Crippen LogP contribution in [0.15, 0.2) is 12.3 Å². The van der Waals surface area contributed by atoms with E-state index < -0.39 is 5.97 Å². The summed E-state index contributed by atoms with van der Waals surface area (Å²) in [6.45, 7) is 8.77. The average Bonchev–Trinajstić information content (AvgIpc) is 2.28. The van der Waals surface area contributed by atoms with Crippen LogP contribution in [0.2, 0.25) is 0 Å². The van der Waals surface area contributed by atoms with Crippen molar-refractivity contribution in [2.45, 2.75) is 52.4 Å². The average molecular weight is 228 g/mol. The van der Waals surface area contributed by atoms with E-state index in [1.54, 1.807) is 0 Å². The first-order valence-electron chi connectivity index (χ1n) is 6.21. The highest BCUT2D eigenvalue weighted by molar-refractivity contribution is 5.85. The van der Waals surface area contributed by atoms with Gasteiger partial charge in [-0.1, -0.05) is 39.5 Å². The maximum atomic E-state index is 11.3. The Morgan fingerprint density at radius 3 is 2.19 bits per heavy atom. The maximum Gasteiger partial charge on any atom is 0.372 e. The number of carbonyl (C=O) groups is 1. The second-order valence-electron chi connectivity index (χ2n) is 3.82. The number of unbranched alkanes of at least 4 members (excludes halogenated alkanes) is 4. The molecule has 0 N–H and O–H groups in total. The Balaban J connectivity index is 3.44. The van der Waals surface area contributed by atoms with E-state index in [0.717, 1.165) is 25.7 Å². The van der Waals surface area contributed by atoms with E-state index in [0.29, 0.717) is 13.2 Å². The van der Waals surface area contributed by atoms with Crippen LogP contribution < -0.4 is 0 Å². The fraction of sp³-hybridized carbons (Fsp3) is 0.769. The lowest BCUT2D eigenvalue weighted by molar-refractivity contribution is -0.143. The molecule has 94 valence electrons. The fourth-order valence-corrected chi connectivity index (χ4v) is 1.17. The highest BCUT2D eigenvalue weighted by Crippen LogP contribution is 2.03. The fourth-order valence-electron chi connectivity index (χ4n) is 1.17. The Morgan fingerprint density at radius 2 is 1.56 bits per heavy atom. The van der Waals surface area contributed by atoms with Crippen molar-refractivity contribution in [3.63, 3.8) is 0 Å². The van der Waals surface area contributed by atoms with E-state index in [2.05, 4.69) is 20.4 Å². The summed E-state index contributed by atoms with van der Waals surface area (Å²) >= 11 is 0. The second-order valence-corrected chi connectivity index (χ2v) is 3.82. The lowest BCUT2D eigenvalue weighted by atomic mass is 10.2. The van der Waals surface area contributed by atoms with Crippen LogP contribution in [0.1, 0.15) is 52.4 Å². The monoisotopic (exact) mass is 228 g/mol. The molecule has 0 aromatic carbocycles. The van der Waals surface area contributed by atoms with E-state index in [1.165, 1.54) is 12.8 Å². The summed E-state index contributed by atoms with van der Waals surface area (Å²) in [5, 5.41) is 0. The van der Waals surface area contributed by atoms with Gasteiger partial charge >= 0.3 is 5.97 Å². The van der Waals surface area contributed by atoms with Crippen LogP contribution in [-0.2, 0) is 14.3 Å². The predicted molar refractivity (Wildman–Crippen MR) is 65.1 cm³/mol. The molecular weight excluding hydrogens is 204 g/mol. The zero-order valence-electron chi connectivity index (χ0n) is 10.6. The van der Waals surface area contributed by atoms with E-state index in [-0.39, 0.29) is 5.76 Å². The molecule has 0 aliphatic heterocycles. The third-order valence-electron chi connectivity index (χ3n) is 2.23. The van der Waals surface area contributed by atoms with Crippen molar-refractivity contribution in [1.82, 2.24) is 0 Å². The minimum absolute atomic E-state index is 0.129. The van der Waals surface area contributed by atoms with E-state index >= 15 is 0 Å². The first-order valence-corrected chi connectivity index (χ1v) is 6.21. The van der Waals surface area contributed by atoms with Crippen molar-refractivity contribution in [3.05, 3.63) is 12.3 Å². The Morgan fingerprint density at radius 1 is 0.938 bits per heavy atom. The lowest BCUT2D eigenvalue weighted by Gasteiger charge is -2.08. The number of hydrogen-bond donors (Lipinski definition) is 0. The summed E-state index contributed by atoms with van der Waals surface area (Å²) in [6, 6.07) is 0. The molecule has 0 unspecified atom stereocenters. The summed E-state index contributed by atoms with van der Waals surface area (Å²) in [6.07, 6.45) is 6.36. The standard InChI is InChI=1S/C13H24O3/c1-4-6-8-9-11-16-13(14)12(3)15-10-7-5-2/h3-11H2,1-2H3. The van der Waals surface area contributed by atoms with Gasteiger partial charge in [0.2, 0.25) is 0 Å². The number of ether oxygens (including phenoxy) is 2. The Hall–Kier alpha value is -0.990. The Kier molecular flexibility index (Phi) is 9.87. The van der Waals surface area contributed by atoms with Gasteiger partial charge in [0.1, 0.15) is 0 Å². The van der Waals surface area contributed by atoms with Crippen LogP contribution in [-0.4, -0.2) is 19.2 Å². The van der Waals surface area contributed by atoms with Crippen LogP contribution in [0.5, 0.6) is 0 Å². The minimum Gasteiger partial charge on any atom is -0.487 e. The van der Waals surface area contributed by atoms with Gasteiger partial charge in [-0.3, -0.25) is 0 Å². The van der Waals surface area contributed by atoms with Gasteiger partial charge in [0.05, 0.1) is 13.2 Å². The lowest BCUT2D eigenvalue weighted by Crippen LogP contribution is -2.11. The number of hydrogen-bond acceptors (Lipinski definition) is 3. The van der Waals surface area contributed by atoms with Gasteiger partial charge in [0.25, 0.3) is 0 Å². The molecule has 0 aliphatic rings. The number of esters is 1. The van der Waals surface area contributed by atoms with Crippen molar-refractivity contribution < 1.29 is 14.3 Å². The SMILES string of the molecule is C=C(OCCCC)C(=O)OCCCCCC. The molecule has 0 aromatic rings. The molecule has 16 heavy (non-hydrogen) atoms. The third-order valence-corrected chi connectivity index (χ3v) is 2.23. The van der Waals surface area contributed by atoms with Gasteiger partial charge < -0.3 is 9.47 Å². The number of carbonyl (C=O) groups excluding carboxylic acids is 1. The van der Waals surface area contributed by atoms with Gasteiger partial charge in [-0.2, -0.15) is 0 Å². The van der Waals surface area contributed by atoms with Gasteiger partial charge in [0, 0.05) is 0 Å². The quantitative estimate of drug-likeness (QED) is 0.249. The van der Waals surface area contributed by atoms with E-state index in [1.807, 2.05) is 0 Å². The van der Waals surface area contributed by atoms with Gasteiger partial charge in [0.15, 0.2) is 5.76 Å². The molecule has 0 rings (SSSR count). The summed E-state index contributed by atoms with van der Waals surface area (Å²) < 4.78 is 10.2. The van der Waals surface area contributed by atoms with E-state index in [9.17, 15) is 4.79 Å². The third kappa shape index (κ3) is 8.33. The summed E-state index contributed by atoms with van der Waals surface area (Å²) in [7, 11) is 0. The molecule has 3 nitrogen and oxygen atoms in total. The smallest absolute Gasteiger partial charge is 0.372 e. The largest absolute Gasteiger partial charge is 0.487 e. The van der Waals surface area contributed by atoms with Crippen LogP contribution >= 0.6 is 0 Å². The van der Waals surface area contributed by atoms with Crippen molar-refractivity contribution in [3.8, 4) is 0 Å². The predicted octanol–water partition coefficient (Wildman–Crippen LogP) is 3.44. The normalized spacial score (nSPS) is 9.88. The van der Waals surface area contributed by atoms with Gasteiger partial charge in [-0.15, -0.1) is 0 Å². The van der Waals surface area contributed by atoms with Crippen molar-refractivity contribution in [2.75, 3.05) is 13.2 Å². The molecule has 0 amide bonds. The van der Waals surface area contributed by atoms with E-state index in [4.69, 9.17) is 9.47 Å². The summed E-state index contributed by atoms with van der Waals surface area (Å²) in [4.78, 5) is 11.3. The van der Waals surface area contributed by atoms with Crippen LogP contribution in [0.3, 0.4) is 0 Å². The molecule has 0 bridgehead atoms. The molecule has 0 saturated carbocycles. The molecule has 0 atom stereocenters. The van der Waals surface area contributed by atoms with Gasteiger partial charge in [-0.05, 0) is 19.4 Å².